The van der Waals surface area contributed by atoms with Crippen LogP contribution in [0, 0.1) is 6.92 Å². The highest BCUT2D eigenvalue weighted by atomic mass is 35.5. The molecule has 0 bridgehead atoms. The Morgan fingerprint density at radius 3 is 2.87 bits per heavy atom. The molecule has 1 aromatic carbocycles. The van der Waals surface area contributed by atoms with Crippen LogP contribution in [0.3, 0.4) is 0 Å². The topological polar surface area (TPSA) is 102 Å². The molecular weight excluding hydrogens is 402 g/mol. The molecule has 1 aliphatic heterocycles. The molecule has 9 heteroatoms. The Morgan fingerprint density at radius 1 is 1.23 bits per heavy atom. The Labute approximate surface area is 180 Å². The number of nitrogens with zero attached hydrogens (tertiary/aromatic N) is 5. The second-order valence-electron chi connectivity index (χ2n) is 7.39. The first-order valence-electron chi connectivity index (χ1n) is 9.70. The van der Waals surface area contributed by atoms with Crippen LogP contribution in [0.5, 0.6) is 5.88 Å². The number of anilines is 2. The third-order valence-corrected chi connectivity index (χ3v) is 5.51. The van der Waals surface area contributed by atoms with Crippen LogP contribution in [-0.4, -0.2) is 45.5 Å². The van der Waals surface area contributed by atoms with Crippen LogP contribution in [0.1, 0.15) is 22.4 Å². The van der Waals surface area contributed by atoms with Gasteiger partial charge in [0.2, 0.25) is 5.95 Å². The summed E-state index contributed by atoms with van der Waals surface area (Å²) in [4.78, 5) is 19.6. The molecule has 3 aromatic rings. The average molecular weight is 426 g/mol. The summed E-state index contributed by atoms with van der Waals surface area (Å²) in [5.74, 6) is 0.924. The summed E-state index contributed by atoms with van der Waals surface area (Å²) in [7, 11) is 3.87. The first kappa shape index (κ1) is 20.3. The lowest BCUT2D eigenvalue weighted by Gasteiger charge is -2.27. The molecular formula is C21H24ClN7O. The summed E-state index contributed by atoms with van der Waals surface area (Å²) in [6, 6.07) is 4.33. The van der Waals surface area contributed by atoms with Gasteiger partial charge in [0.1, 0.15) is 12.3 Å². The molecule has 8 nitrogen and oxygen atoms in total. The van der Waals surface area contributed by atoms with Crippen molar-refractivity contribution in [3.63, 3.8) is 0 Å². The molecule has 0 saturated heterocycles. The van der Waals surface area contributed by atoms with Gasteiger partial charge in [-0.15, -0.1) is 0 Å². The minimum Gasteiger partial charge on any atom is -0.468 e. The van der Waals surface area contributed by atoms with Gasteiger partial charge < -0.3 is 20.7 Å². The van der Waals surface area contributed by atoms with Crippen LogP contribution in [0.15, 0.2) is 24.5 Å². The van der Waals surface area contributed by atoms with E-state index in [0.717, 1.165) is 25.1 Å². The second kappa shape index (κ2) is 8.41. The van der Waals surface area contributed by atoms with E-state index in [1.165, 1.54) is 22.9 Å². The van der Waals surface area contributed by atoms with Gasteiger partial charge in [0.05, 0.1) is 23.1 Å². The lowest BCUT2D eigenvalue weighted by molar-refractivity contribution is 0.290. The number of hydrogen-bond acceptors (Lipinski definition) is 8. The fraction of sp³-hybridized carbons (Fsp3) is 0.333. The highest BCUT2D eigenvalue weighted by Gasteiger charge is 2.18. The molecule has 0 spiro atoms. The van der Waals surface area contributed by atoms with Gasteiger partial charge >= 0.3 is 0 Å². The van der Waals surface area contributed by atoms with Crippen molar-refractivity contribution in [1.82, 2.24) is 24.8 Å². The number of ether oxygens (including phenoxy) is 1. The largest absolute Gasteiger partial charge is 0.468 e. The molecule has 0 radical (unpaired) electrons. The minimum atomic E-state index is 0.104. The van der Waals surface area contributed by atoms with Crippen molar-refractivity contribution in [2.75, 3.05) is 31.7 Å². The lowest BCUT2D eigenvalue weighted by Crippen LogP contribution is -2.27. The molecule has 4 rings (SSSR count). The summed E-state index contributed by atoms with van der Waals surface area (Å²) in [5.41, 5.74) is 12.3. The molecule has 1 aliphatic rings. The van der Waals surface area contributed by atoms with Crippen LogP contribution in [0.4, 0.5) is 11.8 Å². The first-order valence-corrected chi connectivity index (χ1v) is 10.1. The Morgan fingerprint density at radius 2 is 2.07 bits per heavy atom. The molecule has 156 valence electrons. The smallest absolute Gasteiger partial charge is 0.258 e. The van der Waals surface area contributed by atoms with E-state index < -0.39 is 0 Å². The number of nitrogens with one attached hydrogen (secondary N) is 1. The fourth-order valence-electron chi connectivity index (χ4n) is 3.60. The van der Waals surface area contributed by atoms with Gasteiger partial charge in [0.25, 0.3) is 5.88 Å². The summed E-state index contributed by atoms with van der Waals surface area (Å²) >= 11 is 6.18. The van der Waals surface area contributed by atoms with E-state index in [0.29, 0.717) is 22.4 Å². The maximum Gasteiger partial charge on any atom is 0.258 e. The van der Waals surface area contributed by atoms with Crippen molar-refractivity contribution in [3.8, 4) is 17.1 Å². The molecule has 3 heterocycles. The number of aromatic nitrogens is 4. The predicted molar refractivity (Wildman–Crippen MR) is 118 cm³/mol. The maximum atomic E-state index is 6.18. The zero-order valence-electron chi connectivity index (χ0n) is 17.2. The number of benzene rings is 1. The summed E-state index contributed by atoms with van der Waals surface area (Å²) < 4.78 is 5.82. The van der Waals surface area contributed by atoms with E-state index in [2.05, 4.69) is 56.3 Å². The highest BCUT2D eigenvalue weighted by molar-refractivity contribution is 6.31. The third-order valence-electron chi connectivity index (χ3n) is 5.20. The second-order valence-corrected chi connectivity index (χ2v) is 7.80. The summed E-state index contributed by atoms with van der Waals surface area (Å²) in [6.45, 7) is 4.25. The van der Waals surface area contributed by atoms with Crippen LogP contribution >= 0.6 is 11.6 Å². The zero-order valence-corrected chi connectivity index (χ0v) is 18.0. The molecule has 2 aromatic heterocycles. The zero-order chi connectivity index (χ0) is 21.3. The Balaban J connectivity index is 1.61. The molecule has 0 amide bonds. The number of halogens is 1. The molecule has 0 atom stereocenters. The summed E-state index contributed by atoms with van der Waals surface area (Å²) in [6.07, 6.45) is 4.26. The van der Waals surface area contributed by atoms with E-state index in [4.69, 9.17) is 22.1 Å². The normalized spacial score (nSPS) is 13.7. The van der Waals surface area contributed by atoms with Crippen molar-refractivity contribution in [3.05, 3.63) is 51.9 Å². The van der Waals surface area contributed by atoms with E-state index >= 15 is 0 Å². The average Bonchev–Trinajstić information content (AvgIpc) is 2.73. The molecule has 0 fully saturated rings. The minimum absolute atomic E-state index is 0.104. The molecule has 30 heavy (non-hydrogen) atoms. The molecule has 3 N–H and O–H groups in total. The van der Waals surface area contributed by atoms with E-state index in [-0.39, 0.29) is 18.3 Å². The third kappa shape index (κ3) is 4.15. The quantitative estimate of drug-likeness (QED) is 0.642. The van der Waals surface area contributed by atoms with Crippen molar-refractivity contribution in [2.45, 2.75) is 26.5 Å². The van der Waals surface area contributed by atoms with Gasteiger partial charge in [-0.25, -0.2) is 19.9 Å². The van der Waals surface area contributed by atoms with Crippen molar-refractivity contribution >= 4 is 23.4 Å². The van der Waals surface area contributed by atoms with Gasteiger partial charge in [-0.2, -0.15) is 0 Å². The van der Waals surface area contributed by atoms with Gasteiger partial charge in [-0.3, -0.25) is 0 Å². The van der Waals surface area contributed by atoms with Crippen molar-refractivity contribution in [2.24, 2.45) is 0 Å². The first-order chi connectivity index (χ1) is 14.4. The number of fused-ring (bicyclic) bond motifs is 1. The van der Waals surface area contributed by atoms with E-state index in [9.17, 15) is 0 Å². The Kier molecular flexibility index (Phi) is 5.69. The Bertz CT molecular complexity index is 1090. The van der Waals surface area contributed by atoms with Crippen LogP contribution in [0.2, 0.25) is 5.02 Å². The SMILES string of the molecule is CNc1ncc(Cl)c(COc2nc(-c3cc(C)c4c(c3)CN(C)CC4)cnc2N)n1. The van der Waals surface area contributed by atoms with Crippen LogP contribution in [-0.2, 0) is 19.6 Å². The van der Waals surface area contributed by atoms with Crippen LogP contribution < -0.4 is 15.8 Å². The van der Waals surface area contributed by atoms with Gasteiger partial charge in [-0.1, -0.05) is 11.6 Å². The highest BCUT2D eigenvalue weighted by Crippen LogP contribution is 2.30. The number of hydrogen-bond donors (Lipinski definition) is 2. The van der Waals surface area contributed by atoms with E-state index in [1.807, 2.05) is 0 Å². The van der Waals surface area contributed by atoms with Crippen molar-refractivity contribution in [1.29, 1.82) is 0 Å². The number of nitrogens with two attached hydrogens (primary N) is 1. The van der Waals surface area contributed by atoms with Crippen molar-refractivity contribution < 1.29 is 4.74 Å². The predicted octanol–water partition coefficient (Wildman–Crippen LogP) is 3.09. The van der Waals surface area contributed by atoms with Gasteiger partial charge in [0.15, 0.2) is 5.82 Å². The Hall–Kier alpha value is -2.97. The molecule has 0 aliphatic carbocycles. The number of aryl methyl sites for hydroxylation is 1. The monoisotopic (exact) mass is 425 g/mol. The number of rotatable bonds is 5. The fourth-order valence-corrected chi connectivity index (χ4v) is 3.74. The van der Waals surface area contributed by atoms with E-state index in [1.54, 1.807) is 13.2 Å². The molecule has 0 unspecified atom stereocenters. The number of likely N-dealkylation sites (N-methyl/N-ethyl adjacent to an activating group) is 1. The maximum absolute atomic E-state index is 6.18. The molecule has 0 saturated carbocycles. The van der Waals surface area contributed by atoms with Crippen LogP contribution in [0.25, 0.3) is 11.3 Å². The lowest BCUT2D eigenvalue weighted by atomic mass is 9.92. The number of nitrogen functional groups attached to an aromatic ring is 1. The van der Waals surface area contributed by atoms with Gasteiger partial charge in [-0.05, 0) is 49.2 Å². The summed E-state index contributed by atoms with van der Waals surface area (Å²) in [5, 5.41) is 3.28. The van der Waals surface area contributed by atoms with Gasteiger partial charge in [0, 0.05) is 25.7 Å². The standard InChI is InChI=1S/C21H24ClN7O/c1-12-6-13(7-14-10-29(3)5-4-15(12)14)17-9-25-19(23)20(27-17)30-11-18-16(22)8-26-21(24-2)28-18/h6-9H,4-5,10-11H2,1-3H3,(H2,23,25)(H,24,26,28).